The first-order chi connectivity index (χ1) is 21.4. The zero-order valence-corrected chi connectivity index (χ0v) is 24.7. The number of nitrogens with zero attached hydrogens (tertiary/aromatic N) is 1. The zero-order chi connectivity index (χ0) is 33.3. The summed E-state index contributed by atoms with van der Waals surface area (Å²) in [6.07, 6.45) is -11.1. The summed E-state index contributed by atoms with van der Waals surface area (Å²) in [6, 6.07) is 12.6. The highest BCUT2D eigenvalue weighted by atomic mass is 16.8. The Morgan fingerprint density at radius 2 is 1.38 bits per heavy atom. The van der Waals surface area contributed by atoms with Crippen LogP contribution in [0.4, 0.5) is 15.3 Å². The fraction of sp³-hybridized carbons (Fsp3) is 0.333. The summed E-state index contributed by atoms with van der Waals surface area (Å²) >= 11 is 0. The molecular weight excluding hydrogens is 598 g/mol. The average Bonchev–Trinajstić information content (AvgIpc) is 2.98. The van der Waals surface area contributed by atoms with E-state index in [-0.39, 0.29) is 22.8 Å². The zero-order valence-electron chi connectivity index (χ0n) is 24.7. The van der Waals surface area contributed by atoms with E-state index in [1.54, 1.807) is 36.4 Å². The van der Waals surface area contributed by atoms with Crippen molar-refractivity contribution in [3.63, 3.8) is 0 Å². The van der Waals surface area contributed by atoms with E-state index in [9.17, 15) is 33.9 Å². The molecule has 1 aliphatic rings. The number of methoxy groups -OCH3 is 1. The van der Waals surface area contributed by atoms with E-state index in [1.165, 1.54) is 18.2 Å². The minimum absolute atomic E-state index is 0.139. The van der Waals surface area contributed by atoms with Gasteiger partial charge in [-0.05, 0) is 12.1 Å². The van der Waals surface area contributed by atoms with Crippen LogP contribution in [0.5, 0.6) is 5.75 Å². The minimum Gasteiger partial charge on any atom is -0.489 e. The van der Waals surface area contributed by atoms with Crippen LogP contribution in [0.3, 0.4) is 0 Å². The number of hydrogen-bond acceptors (Lipinski definition) is 13. The molecule has 3 rings (SSSR count). The molecule has 15 heteroatoms. The van der Waals surface area contributed by atoms with Crippen molar-refractivity contribution in [2.24, 2.45) is 0 Å². The number of para-hydroxylation sites is 2. The first-order valence-electron chi connectivity index (χ1n) is 13.3. The summed E-state index contributed by atoms with van der Waals surface area (Å²) in [5, 5.41) is 10.2. The van der Waals surface area contributed by atoms with Crippen LogP contribution in [0.1, 0.15) is 20.8 Å². The van der Waals surface area contributed by atoms with Gasteiger partial charge in [0.2, 0.25) is 12.4 Å². The van der Waals surface area contributed by atoms with Gasteiger partial charge >= 0.3 is 36.1 Å². The van der Waals surface area contributed by atoms with Crippen molar-refractivity contribution in [3.05, 3.63) is 61.2 Å². The highest BCUT2D eigenvalue weighted by Crippen LogP contribution is 2.38. The lowest BCUT2D eigenvalue weighted by molar-refractivity contribution is -0.287. The van der Waals surface area contributed by atoms with Crippen molar-refractivity contribution < 1.29 is 67.0 Å². The monoisotopic (exact) mass is 629 g/mol. The van der Waals surface area contributed by atoms with E-state index in [2.05, 4.69) is 6.58 Å². The molecule has 0 aliphatic carbocycles. The number of anilines is 1. The Bertz CT molecular complexity index is 1460. The maximum atomic E-state index is 13.6. The summed E-state index contributed by atoms with van der Waals surface area (Å²) in [5.74, 6) is -3.65. The number of imide groups is 1. The van der Waals surface area contributed by atoms with Gasteiger partial charge < -0.3 is 38.3 Å². The molecule has 45 heavy (non-hydrogen) atoms. The van der Waals surface area contributed by atoms with Crippen LogP contribution in [-0.2, 0) is 47.6 Å². The Kier molecular flexibility index (Phi) is 11.6. The minimum atomic E-state index is -2.07. The molecule has 2 amide bonds. The number of carboxylic acid groups (broad SMARTS) is 1. The maximum Gasteiger partial charge on any atom is 0.426 e. The lowest BCUT2D eigenvalue weighted by atomic mass is 9.97. The predicted molar refractivity (Wildman–Crippen MR) is 152 cm³/mol. The number of esters is 4. The van der Waals surface area contributed by atoms with Crippen LogP contribution in [0, 0.1) is 0 Å². The molecule has 1 N–H and O–H groups in total. The van der Waals surface area contributed by atoms with Gasteiger partial charge in [-0.15, -0.1) is 0 Å². The number of amides is 2. The van der Waals surface area contributed by atoms with Gasteiger partial charge in [0, 0.05) is 31.9 Å². The van der Waals surface area contributed by atoms with Crippen LogP contribution in [-0.4, -0.2) is 85.6 Å². The second-order valence-electron chi connectivity index (χ2n) is 9.29. The van der Waals surface area contributed by atoms with Crippen molar-refractivity contribution in [1.82, 2.24) is 0 Å². The fourth-order valence-electron chi connectivity index (χ4n) is 4.47. The Morgan fingerprint density at radius 1 is 0.822 bits per heavy atom. The third kappa shape index (κ3) is 8.35. The Labute approximate surface area is 257 Å². The van der Waals surface area contributed by atoms with Gasteiger partial charge in [-0.2, -0.15) is 4.90 Å². The summed E-state index contributed by atoms with van der Waals surface area (Å²) in [6.45, 7) is 6.71. The average molecular weight is 630 g/mol. The van der Waals surface area contributed by atoms with E-state index in [0.717, 1.165) is 27.9 Å². The number of carbonyl (C=O) groups is 6. The standard InChI is InChI=1S/C30H31NO14/c1-6-15-40-22-14-10-8-12-20(22)19-11-7-9-13-21(19)31(29(36)37)30(38)45-28-26(43-18(4)34)24(42-17(3)33)23(41-16(2)32)25(44-28)27(35)39-5/h6-14,23-26,28H,1,15H2,2-5H3,(H,36,37). The molecule has 2 aromatic carbocycles. The quantitative estimate of drug-likeness (QED) is 0.229. The number of benzene rings is 2. The van der Waals surface area contributed by atoms with E-state index in [0.29, 0.717) is 11.3 Å². The summed E-state index contributed by atoms with van der Waals surface area (Å²) < 4.78 is 37.0. The summed E-state index contributed by atoms with van der Waals surface area (Å²) in [4.78, 5) is 75.1. The molecule has 1 fully saturated rings. The molecule has 0 aromatic heterocycles. The first-order valence-corrected chi connectivity index (χ1v) is 13.3. The highest BCUT2D eigenvalue weighted by molar-refractivity contribution is 6.11. The molecule has 1 heterocycles. The molecule has 1 aliphatic heterocycles. The van der Waals surface area contributed by atoms with E-state index in [1.807, 2.05) is 0 Å². The normalized spacial score (nSPS) is 20.5. The Hall–Kier alpha value is -5.44. The third-order valence-electron chi connectivity index (χ3n) is 6.10. The van der Waals surface area contributed by atoms with Crippen molar-refractivity contribution in [1.29, 1.82) is 0 Å². The van der Waals surface area contributed by atoms with Crippen LogP contribution in [0.15, 0.2) is 61.2 Å². The van der Waals surface area contributed by atoms with Gasteiger partial charge in [0.15, 0.2) is 18.3 Å². The van der Waals surface area contributed by atoms with Gasteiger partial charge in [-0.1, -0.05) is 49.1 Å². The number of carbonyl (C=O) groups excluding carboxylic acids is 5. The van der Waals surface area contributed by atoms with Crippen molar-refractivity contribution in [3.8, 4) is 16.9 Å². The molecule has 240 valence electrons. The van der Waals surface area contributed by atoms with Crippen molar-refractivity contribution in [2.45, 2.75) is 51.5 Å². The predicted octanol–water partition coefficient (Wildman–Crippen LogP) is 3.23. The molecule has 0 bridgehead atoms. The molecular formula is C30H31NO14. The SMILES string of the molecule is C=CCOc1ccccc1-c1ccccc1N(C(=O)O)C(=O)OC1OC(C(=O)OC)C(OC(C)=O)C(OC(C)=O)C1OC(C)=O. The molecule has 1 saturated heterocycles. The van der Waals surface area contributed by atoms with Crippen LogP contribution < -0.4 is 9.64 Å². The van der Waals surface area contributed by atoms with Crippen LogP contribution in [0.25, 0.3) is 11.1 Å². The number of rotatable bonds is 10. The summed E-state index contributed by atoms with van der Waals surface area (Å²) in [5.41, 5.74) is 0.506. The van der Waals surface area contributed by atoms with Gasteiger partial charge in [-0.3, -0.25) is 14.4 Å². The van der Waals surface area contributed by atoms with E-state index in [4.69, 9.17) is 33.2 Å². The first kappa shape index (κ1) is 34.1. The molecule has 15 nitrogen and oxygen atoms in total. The van der Waals surface area contributed by atoms with Gasteiger partial charge in [0.1, 0.15) is 12.4 Å². The molecule has 0 saturated carbocycles. The van der Waals surface area contributed by atoms with Gasteiger partial charge in [0.05, 0.1) is 12.8 Å². The van der Waals surface area contributed by atoms with Crippen molar-refractivity contribution in [2.75, 3.05) is 18.6 Å². The third-order valence-corrected chi connectivity index (χ3v) is 6.10. The lowest BCUT2D eigenvalue weighted by Gasteiger charge is -2.42. The fourth-order valence-corrected chi connectivity index (χ4v) is 4.47. The van der Waals surface area contributed by atoms with E-state index >= 15 is 0 Å². The molecule has 5 unspecified atom stereocenters. The van der Waals surface area contributed by atoms with Gasteiger partial charge in [-0.25, -0.2) is 14.4 Å². The van der Waals surface area contributed by atoms with Crippen LogP contribution >= 0.6 is 0 Å². The molecule has 2 aromatic rings. The molecule has 0 radical (unpaired) electrons. The van der Waals surface area contributed by atoms with Crippen LogP contribution in [0.2, 0.25) is 0 Å². The maximum absolute atomic E-state index is 13.6. The Morgan fingerprint density at radius 3 is 1.96 bits per heavy atom. The second-order valence-corrected chi connectivity index (χ2v) is 9.29. The second kappa shape index (κ2) is 15.3. The lowest BCUT2D eigenvalue weighted by Crippen LogP contribution is -2.64. The van der Waals surface area contributed by atoms with Gasteiger partial charge in [0.25, 0.3) is 0 Å². The molecule has 0 spiro atoms. The highest BCUT2D eigenvalue weighted by Gasteiger charge is 2.56. The summed E-state index contributed by atoms with van der Waals surface area (Å²) in [7, 11) is 0.982. The number of ether oxygens (including phenoxy) is 7. The smallest absolute Gasteiger partial charge is 0.426 e. The Balaban J connectivity index is 2.09. The molecule has 5 atom stereocenters. The van der Waals surface area contributed by atoms with Crippen molar-refractivity contribution >= 4 is 41.8 Å². The largest absolute Gasteiger partial charge is 0.489 e. The topological polar surface area (TPSA) is 190 Å². The van der Waals surface area contributed by atoms with E-state index < -0.39 is 66.8 Å². The number of hydrogen-bond donors (Lipinski definition) is 1.